The molecule has 0 saturated carbocycles. The van der Waals surface area contributed by atoms with Gasteiger partial charge in [0.1, 0.15) is 6.04 Å². The SMILES string of the molecule is CCCS(=O)(=O)NC(=O)[C@H](CC(C)C)NC(=O)[C@H](C)N. The third-order valence-corrected chi connectivity index (χ3v) is 3.94. The maximum Gasteiger partial charge on any atom is 0.256 e. The van der Waals surface area contributed by atoms with Crippen molar-refractivity contribution in [3.8, 4) is 0 Å². The first-order valence-electron chi connectivity index (χ1n) is 6.69. The largest absolute Gasteiger partial charge is 0.343 e. The van der Waals surface area contributed by atoms with E-state index >= 15 is 0 Å². The molecule has 0 unspecified atom stereocenters. The van der Waals surface area contributed by atoms with Gasteiger partial charge in [0.05, 0.1) is 11.8 Å². The zero-order valence-corrected chi connectivity index (χ0v) is 13.3. The maximum atomic E-state index is 12.0. The number of carbonyl (C=O) groups is 2. The van der Waals surface area contributed by atoms with Crippen molar-refractivity contribution < 1.29 is 18.0 Å². The summed E-state index contributed by atoms with van der Waals surface area (Å²) in [6, 6.07) is -1.66. The Kier molecular flexibility index (Phi) is 7.74. The van der Waals surface area contributed by atoms with Crippen LogP contribution >= 0.6 is 0 Å². The molecule has 0 bridgehead atoms. The molecular weight excluding hydrogens is 282 g/mol. The van der Waals surface area contributed by atoms with Crippen molar-refractivity contribution in [2.24, 2.45) is 11.7 Å². The topological polar surface area (TPSA) is 118 Å². The molecule has 2 atom stereocenters. The highest BCUT2D eigenvalue weighted by atomic mass is 32.2. The molecule has 0 spiro atoms. The molecule has 20 heavy (non-hydrogen) atoms. The summed E-state index contributed by atoms with van der Waals surface area (Å²) in [4.78, 5) is 23.5. The van der Waals surface area contributed by atoms with E-state index in [9.17, 15) is 18.0 Å². The van der Waals surface area contributed by atoms with E-state index in [1.165, 1.54) is 6.92 Å². The molecule has 0 aliphatic carbocycles. The van der Waals surface area contributed by atoms with E-state index in [1.54, 1.807) is 6.92 Å². The van der Waals surface area contributed by atoms with Crippen LogP contribution in [0.1, 0.15) is 40.5 Å². The molecule has 0 aromatic carbocycles. The summed E-state index contributed by atoms with van der Waals surface area (Å²) in [5.41, 5.74) is 5.43. The molecule has 0 rings (SSSR count). The van der Waals surface area contributed by atoms with E-state index in [4.69, 9.17) is 5.73 Å². The summed E-state index contributed by atoms with van der Waals surface area (Å²) in [5, 5.41) is 2.47. The molecule has 0 aromatic rings. The average molecular weight is 307 g/mol. The first-order chi connectivity index (χ1) is 9.09. The normalized spacial score (nSPS) is 14.7. The van der Waals surface area contributed by atoms with Crippen LogP contribution in [0.25, 0.3) is 0 Å². The fourth-order valence-corrected chi connectivity index (χ4v) is 2.64. The summed E-state index contributed by atoms with van der Waals surface area (Å²) in [7, 11) is -3.65. The fraction of sp³-hybridized carbons (Fsp3) is 0.833. The Morgan fingerprint density at radius 1 is 1.15 bits per heavy atom. The number of hydrogen-bond donors (Lipinski definition) is 3. The Labute approximate surface area is 120 Å². The van der Waals surface area contributed by atoms with Crippen LogP contribution in [-0.4, -0.2) is 38.1 Å². The molecule has 0 aliphatic heterocycles. The van der Waals surface area contributed by atoms with Crippen molar-refractivity contribution in [3.63, 3.8) is 0 Å². The molecule has 118 valence electrons. The Balaban J connectivity index is 4.86. The highest BCUT2D eigenvalue weighted by Crippen LogP contribution is 2.06. The standard InChI is InChI=1S/C12H25N3O4S/c1-5-6-20(18,19)15-12(17)10(7-8(2)3)14-11(16)9(4)13/h8-10H,5-7,13H2,1-4H3,(H,14,16)(H,15,17)/t9-,10-/m0/s1. The lowest BCUT2D eigenvalue weighted by molar-refractivity contribution is -0.128. The van der Waals surface area contributed by atoms with Gasteiger partial charge in [-0.05, 0) is 25.7 Å². The molecule has 0 aromatic heterocycles. The highest BCUT2D eigenvalue weighted by molar-refractivity contribution is 7.90. The van der Waals surface area contributed by atoms with Crippen LogP contribution < -0.4 is 15.8 Å². The van der Waals surface area contributed by atoms with Crippen molar-refractivity contribution in [2.45, 2.75) is 52.6 Å². The molecule has 0 heterocycles. The van der Waals surface area contributed by atoms with Crippen LogP contribution in [0.3, 0.4) is 0 Å². The summed E-state index contributed by atoms with van der Waals surface area (Å²) in [5.74, 6) is -1.22. The van der Waals surface area contributed by atoms with E-state index in [0.717, 1.165) is 0 Å². The predicted molar refractivity (Wildman–Crippen MR) is 77.3 cm³/mol. The second kappa shape index (κ2) is 8.21. The number of nitrogens with one attached hydrogen (secondary N) is 2. The van der Waals surface area contributed by atoms with E-state index < -0.39 is 33.9 Å². The summed E-state index contributed by atoms with van der Waals surface area (Å²) in [6.45, 7) is 6.94. The van der Waals surface area contributed by atoms with E-state index in [-0.39, 0.29) is 11.7 Å². The monoisotopic (exact) mass is 307 g/mol. The molecule has 2 amide bonds. The number of nitrogens with two attached hydrogens (primary N) is 1. The summed E-state index contributed by atoms with van der Waals surface area (Å²) in [6.07, 6.45) is 0.746. The molecule has 0 saturated heterocycles. The van der Waals surface area contributed by atoms with Crippen molar-refractivity contribution in [2.75, 3.05) is 5.75 Å². The van der Waals surface area contributed by atoms with Crippen LogP contribution in [0.4, 0.5) is 0 Å². The Hall–Kier alpha value is -1.15. The number of amides is 2. The van der Waals surface area contributed by atoms with E-state index in [1.807, 2.05) is 18.6 Å². The minimum atomic E-state index is -3.65. The first kappa shape index (κ1) is 18.9. The Morgan fingerprint density at radius 2 is 1.70 bits per heavy atom. The minimum Gasteiger partial charge on any atom is -0.343 e. The number of rotatable bonds is 8. The number of carbonyl (C=O) groups excluding carboxylic acids is 2. The molecule has 4 N–H and O–H groups in total. The lowest BCUT2D eigenvalue weighted by Crippen LogP contribution is -2.52. The van der Waals surface area contributed by atoms with Crippen molar-refractivity contribution in [1.82, 2.24) is 10.0 Å². The fourth-order valence-electron chi connectivity index (χ4n) is 1.55. The third-order valence-electron chi connectivity index (χ3n) is 2.48. The van der Waals surface area contributed by atoms with Gasteiger partial charge in [0.15, 0.2) is 0 Å². The predicted octanol–water partition coefficient (Wildman–Crippen LogP) is -0.279. The Bertz CT molecular complexity index is 432. The summed E-state index contributed by atoms with van der Waals surface area (Å²) < 4.78 is 25.1. The van der Waals surface area contributed by atoms with Gasteiger partial charge in [0.25, 0.3) is 5.91 Å². The molecule has 0 radical (unpaired) electrons. The molecular formula is C12H25N3O4S. The van der Waals surface area contributed by atoms with Gasteiger partial charge in [0.2, 0.25) is 15.9 Å². The maximum absolute atomic E-state index is 12.0. The summed E-state index contributed by atoms with van der Waals surface area (Å²) >= 11 is 0. The highest BCUT2D eigenvalue weighted by Gasteiger charge is 2.26. The zero-order valence-electron chi connectivity index (χ0n) is 12.5. The zero-order chi connectivity index (χ0) is 15.9. The quantitative estimate of drug-likeness (QED) is 0.570. The van der Waals surface area contributed by atoms with Gasteiger partial charge >= 0.3 is 0 Å². The van der Waals surface area contributed by atoms with Crippen LogP contribution in [0.15, 0.2) is 0 Å². The van der Waals surface area contributed by atoms with Gasteiger partial charge in [-0.1, -0.05) is 20.8 Å². The lowest BCUT2D eigenvalue weighted by Gasteiger charge is -2.21. The van der Waals surface area contributed by atoms with Crippen LogP contribution in [0, 0.1) is 5.92 Å². The van der Waals surface area contributed by atoms with E-state index in [0.29, 0.717) is 12.8 Å². The molecule has 0 aliphatic rings. The smallest absolute Gasteiger partial charge is 0.256 e. The van der Waals surface area contributed by atoms with Gasteiger partial charge in [-0.25, -0.2) is 8.42 Å². The second-order valence-corrected chi connectivity index (χ2v) is 7.11. The Morgan fingerprint density at radius 3 is 2.10 bits per heavy atom. The van der Waals surface area contributed by atoms with Gasteiger partial charge in [-0.3, -0.25) is 14.3 Å². The van der Waals surface area contributed by atoms with Crippen LogP contribution in [0.2, 0.25) is 0 Å². The van der Waals surface area contributed by atoms with Crippen molar-refractivity contribution in [1.29, 1.82) is 0 Å². The van der Waals surface area contributed by atoms with Gasteiger partial charge in [-0.15, -0.1) is 0 Å². The average Bonchev–Trinajstić information content (AvgIpc) is 2.26. The van der Waals surface area contributed by atoms with Crippen molar-refractivity contribution in [3.05, 3.63) is 0 Å². The van der Waals surface area contributed by atoms with Crippen LogP contribution in [-0.2, 0) is 19.6 Å². The van der Waals surface area contributed by atoms with Gasteiger partial charge < -0.3 is 11.1 Å². The minimum absolute atomic E-state index is 0.119. The second-order valence-electron chi connectivity index (χ2n) is 5.26. The molecule has 0 fully saturated rings. The first-order valence-corrected chi connectivity index (χ1v) is 8.34. The van der Waals surface area contributed by atoms with Gasteiger partial charge in [0, 0.05) is 0 Å². The lowest BCUT2D eigenvalue weighted by atomic mass is 10.0. The van der Waals surface area contributed by atoms with Gasteiger partial charge in [-0.2, -0.15) is 0 Å². The van der Waals surface area contributed by atoms with E-state index in [2.05, 4.69) is 5.32 Å². The third kappa shape index (κ3) is 7.44. The number of sulfonamides is 1. The van der Waals surface area contributed by atoms with Crippen molar-refractivity contribution >= 4 is 21.8 Å². The van der Waals surface area contributed by atoms with Crippen LogP contribution in [0.5, 0.6) is 0 Å². The molecule has 8 heteroatoms. The molecule has 7 nitrogen and oxygen atoms in total. The number of hydrogen-bond acceptors (Lipinski definition) is 5.